The fraction of sp³-hybridized carbons (Fsp3) is 0.292. The zero-order valence-electron chi connectivity index (χ0n) is 18.0. The Balaban J connectivity index is 1.74. The Morgan fingerprint density at radius 3 is 2.30 bits per heavy atom. The Morgan fingerprint density at radius 1 is 0.933 bits per heavy atom. The first kappa shape index (κ1) is 21.3. The van der Waals surface area contributed by atoms with Crippen LogP contribution in [-0.4, -0.2) is 21.6 Å². The molecular formula is C24H28N4O2. The summed E-state index contributed by atoms with van der Waals surface area (Å²) >= 11 is 0. The maximum absolute atomic E-state index is 12.8. The van der Waals surface area contributed by atoms with Gasteiger partial charge in [0.05, 0.1) is 17.1 Å². The average molecular weight is 405 g/mol. The molecule has 2 amide bonds. The summed E-state index contributed by atoms with van der Waals surface area (Å²) in [7, 11) is 0. The molecule has 0 radical (unpaired) electrons. The minimum absolute atomic E-state index is 0.208. The van der Waals surface area contributed by atoms with Gasteiger partial charge in [-0.25, -0.2) is 0 Å². The van der Waals surface area contributed by atoms with E-state index in [1.807, 2.05) is 43.7 Å². The van der Waals surface area contributed by atoms with Crippen molar-refractivity contribution in [1.82, 2.24) is 9.78 Å². The first-order valence-electron chi connectivity index (χ1n) is 10.2. The summed E-state index contributed by atoms with van der Waals surface area (Å²) in [4.78, 5) is 25.3. The topological polar surface area (TPSA) is 76.0 Å². The highest BCUT2D eigenvalue weighted by atomic mass is 16.2. The lowest BCUT2D eigenvalue weighted by atomic mass is 10.1. The van der Waals surface area contributed by atoms with Crippen molar-refractivity contribution in [2.45, 2.75) is 47.1 Å². The number of aromatic nitrogens is 2. The third kappa shape index (κ3) is 4.95. The van der Waals surface area contributed by atoms with Crippen molar-refractivity contribution in [2.75, 3.05) is 10.6 Å². The summed E-state index contributed by atoms with van der Waals surface area (Å²) in [5.41, 5.74) is 5.11. The van der Waals surface area contributed by atoms with Crippen molar-refractivity contribution in [2.24, 2.45) is 0 Å². The minimum atomic E-state index is -0.233. The van der Waals surface area contributed by atoms with Crippen LogP contribution in [0.15, 0.2) is 48.5 Å². The smallest absolute Gasteiger partial charge is 0.255 e. The van der Waals surface area contributed by atoms with Gasteiger partial charge in [0.25, 0.3) is 11.8 Å². The Bertz CT molecular complexity index is 1070. The van der Waals surface area contributed by atoms with Crippen LogP contribution in [-0.2, 0) is 6.54 Å². The standard InChI is InChI=1S/C24H28N4O2/c1-5-6-13-28-18(4)22(17(3)27-28)26-24(30)20-11-8-12-21(15-20)25-23(29)19-10-7-9-16(2)14-19/h7-12,14-15H,5-6,13H2,1-4H3,(H,25,29)(H,26,30). The van der Waals surface area contributed by atoms with Crippen molar-refractivity contribution >= 4 is 23.2 Å². The quantitative estimate of drug-likeness (QED) is 0.574. The summed E-state index contributed by atoms with van der Waals surface area (Å²) in [6.45, 7) is 8.77. The van der Waals surface area contributed by atoms with Gasteiger partial charge in [0, 0.05) is 23.4 Å². The Labute approximate surface area is 177 Å². The van der Waals surface area contributed by atoms with Crippen LogP contribution in [0, 0.1) is 20.8 Å². The largest absolute Gasteiger partial charge is 0.322 e. The number of hydrogen-bond acceptors (Lipinski definition) is 3. The second-order valence-electron chi connectivity index (χ2n) is 7.48. The van der Waals surface area contributed by atoms with Gasteiger partial charge in [-0.2, -0.15) is 5.10 Å². The van der Waals surface area contributed by atoms with E-state index in [0.717, 1.165) is 42.0 Å². The lowest BCUT2D eigenvalue weighted by molar-refractivity contribution is 0.101. The van der Waals surface area contributed by atoms with Crippen molar-refractivity contribution in [1.29, 1.82) is 0 Å². The monoisotopic (exact) mass is 404 g/mol. The van der Waals surface area contributed by atoms with Gasteiger partial charge in [-0.05, 0) is 57.5 Å². The molecule has 6 heteroatoms. The molecule has 6 nitrogen and oxygen atoms in total. The third-order valence-electron chi connectivity index (χ3n) is 5.01. The van der Waals surface area contributed by atoms with Crippen LogP contribution in [0.4, 0.5) is 11.4 Å². The second-order valence-corrected chi connectivity index (χ2v) is 7.48. The van der Waals surface area contributed by atoms with Gasteiger partial charge < -0.3 is 10.6 Å². The zero-order chi connectivity index (χ0) is 21.7. The molecule has 0 spiro atoms. The molecule has 0 atom stereocenters. The van der Waals surface area contributed by atoms with Crippen molar-refractivity contribution in [3.8, 4) is 0 Å². The van der Waals surface area contributed by atoms with Gasteiger partial charge in [0.2, 0.25) is 0 Å². The number of amides is 2. The number of nitrogens with zero attached hydrogens (tertiary/aromatic N) is 2. The van der Waals surface area contributed by atoms with Crippen LogP contribution in [0.2, 0.25) is 0 Å². The Hall–Kier alpha value is -3.41. The molecule has 0 aliphatic heterocycles. The zero-order valence-corrected chi connectivity index (χ0v) is 18.0. The number of hydrogen-bond donors (Lipinski definition) is 2. The Morgan fingerprint density at radius 2 is 1.60 bits per heavy atom. The SMILES string of the molecule is CCCCn1nc(C)c(NC(=O)c2cccc(NC(=O)c3cccc(C)c3)c2)c1C. The number of carbonyl (C=O) groups is 2. The number of rotatable bonds is 7. The predicted molar refractivity (Wildman–Crippen MR) is 120 cm³/mol. The van der Waals surface area contributed by atoms with Crippen LogP contribution >= 0.6 is 0 Å². The number of carbonyl (C=O) groups excluding carboxylic acids is 2. The van der Waals surface area contributed by atoms with Crippen LogP contribution in [0.3, 0.4) is 0 Å². The molecule has 156 valence electrons. The van der Waals surface area contributed by atoms with E-state index >= 15 is 0 Å². The highest BCUT2D eigenvalue weighted by Gasteiger charge is 2.16. The summed E-state index contributed by atoms with van der Waals surface area (Å²) in [6.07, 6.45) is 2.12. The minimum Gasteiger partial charge on any atom is -0.322 e. The maximum atomic E-state index is 12.8. The van der Waals surface area contributed by atoms with E-state index in [1.54, 1.807) is 30.3 Å². The normalized spacial score (nSPS) is 10.7. The van der Waals surface area contributed by atoms with Crippen LogP contribution < -0.4 is 10.6 Å². The number of unbranched alkanes of at least 4 members (excludes halogenated alkanes) is 1. The molecule has 0 saturated heterocycles. The number of anilines is 2. The first-order valence-corrected chi connectivity index (χ1v) is 10.2. The van der Waals surface area contributed by atoms with Crippen molar-refractivity contribution < 1.29 is 9.59 Å². The van der Waals surface area contributed by atoms with E-state index in [9.17, 15) is 9.59 Å². The number of aryl methyl sites for hydroxylation is 3. The van der Waals surface area contributed by atoms with E-state index < -0.39 is 0 Å². The van der Waals surface area contributed by atoms with Crippen molar-refractivity contribution in [3.05, 3.63) is 76.6 Å². The first-order chi connectivity index (χ1) is 14.4. The fourth-order valence-corrected chi connectivity index (χ4v) is 3.32. The van der Waals surface area contributed by atoms with Crippen molar-refractivity contribution in [3.63, 3.8) is 0 Å². The van der Waals surface area contributed by atoms with E-state index in [4.69, 9.17) is 0 Å². The third-order valence-corrected chi connectivity index (χ3v) is 5.01. The molecule has 0 unspecified atom stereocenters. The van der Waals surface area contributed by atoms with Gasteiger partial charge in [-0.3, -0.25) is 14.3 Å². The van der Waals surface area contributed by atoms with Gasteiger partial charge in [-0.15, -0.1) is 0 Å². The molecule has 30 heavy (non-hydrogen) atoms. The maximum Gasteiger partial charge on any atom is 0.255 e. The van der Waals surface area contributed by atoms with E-state index in [1.165, 1.54) is 0 Å². The lowest BCUT2D eigenvalue weighted by Gasteiger charge is -2.09. The molecular weight excluding hydrogens is 376 g/mol. The summed E-state index contributed by atoms with van der Waals surface area (Å²) in [5, 5.41) is 10.4. The molecule has 0 aliphatic carbocycles. The molecule has 2 N–H and O–H groups in total. The summed E-state index contributed by atoms with van der Waals surface area (Å²) < 4.78 is 1.94. The second kappa shape index (κ2) is 9.39. The van der Waals surface area contributed by atoms with Gasteiger partial charge in [-0.1, -0.05) is 37.1 Å². The number of nitrogens with one attached hydrogen (secondary N) is 2. The highest BCUT2D eigenvalue weighted by molar-refractivity contribution is 6.07. The van der Waals surface area contributed by atoms with Gasteiger partial charge >= 0.3 is 0 Å². The van der Waals surface area contributed by atoms with Crippen LogP contribution in [0.5, 0.6) is 0 Å². The summed E-state index contributed by atoms with van der Waals surface area (Å²) in [6, 6.07) is 14.3. The molecule has 2 aromatic carbocycles. The van der Waals surface area contributed by atoms with E-state index in [2.05, 4.69) is 22.7 Å². The molecule has 3 rings (SSSR count). The number of benzene rings is 2. The Kier molecular flexibility index (Phi) is 6.67. The van der Waals surface area contributed by atoms with Gasteiger partial charge in [0.15, 0.2) is 0 Å². The van der Waals surface area contributed by atoms with E-state index in [-0.39, 0.29) is 11.8 Å². The molecule has 0 fully saturated rings. The molecule has 1 heterocycles. The predicted octanol–water partition coefficient (Wildman–Crippen LogP) is 5.11. The van der Waals surface area contributed by atoms with Crippen LogP contribution in [0.25, 0.3) is 0 Å². The molecule has 1 aromatic heterocycles. The molecule has 0 saturated carbocycles. The highest BCUT2D eigenvalue weighted by Crippen LogP contribution is 2.22. The molecule has 0 aliphatic rings. The van der Waals surface area contributed by atoms with Gasteiger partial charge in [0.1, 0.15) is 0 Å². The average Bonchev–Trinajstić information content (AvgIpc) is 2.99. The molecule has 0 bridgehead atoms. The lowest BCUT2D eigenvalue weighted by Crippen LogP contribution is -2.15. The fourth-order valence-electron chi connectivity index (χ4n) is 3.32. The molecule has 3 aromatic rings. The van der Waals surface area contributed by atoms with E-state index in [0.29, 0.717) is 16.8 Å². The summed E-state index contributed by atoms with van der Waals surface area (Å²) in [5.74, 6) is -0.442. The van der Waals surface area contributed by atoms with Crippen LogP contribution in [0.1, 0.15) is 57.4 Å².